The first-order chi connectivity index (χ1) is 19.4. The topological polar surface area (TPSA) is 129 Å². The number of rotatable bonds is 8. The molecule has 1 aromatic heterocycles. The minimum Gasteiger partial charge on any atom is -0.361 e. The Labute approximate surface area is 247 Å². The summed E-state index contributed by atoms with van der Waals surface area (Å²) >= 11 is 9.71. The molecule has 206 valence electrons. The van der Waals surface area contributed by atoms with Crippen molar-refractivity contribution in [1.29, 1.82) is 0 Å². The van der Waals surface area contributed by atoms with Crippen LogP contribution in [0.5, 0.6) is 0 Å². The highest BCUT2D eigenvalue weighted by Crippen LogP contribution is 2.56. The summed E-state index contributed by atoms with van der Waals surface area (Å²) in [6, 6.07) is 19.6. The molecule has 2 aromatic carbocycles. The molecule has 3 aromatic rings. The van der Waals surface area contributed by atoms with Crippen molar-refractivity contribution in [1.82, 2.24) is 30.6 Å². The predicted octanol–water partition coefficient (Wildman–Crippen LogP) is 2.39. The number of hydroxylamine groups is 1. The van der Waals surface area contributed by atoms with Gasteiger partial charge in [0.1, 0.15) is 11.1 Å². The Hall–Kier alpha value is -3.46. The lowest BCUT2D eigenvalue weighted by molar-refractivity contribution is -0.172. The van der Waals surface area contributed by atoms with Crippen molar-refractivity contribution in [2.75, 3.05) is 12.4 Å². The van der Waals surface area contributed by atoms with Gasteiger partial charge in [-0.25, -0.2) is 9.48 Å². The molecular weight excluding hydrogens is 620 g/mol. The lowest BCUT2D eigenvalue weighted by Crippen LogP contribution is -2.75. The average Bonchev–Trinajstić information content (AvgIpc) is 3.42. The van der Waals surface area contributed by atoms with E-state index >= 15 is 0 Å². The first-order valence-electron chi connectivity index (χ1n) is 12.0. The molecule has 1 N–H and O–H groups in total. The van der Waals surface area contributed by atoms with Crippen LogP contribution in [-0.4, -0.2) is 76.9 Å². The minimum absolute atomic E-state index is 0.0923. The van der Waals surface area contributed by atoms with Gasteiger partial charge in [-0.3, -0.25) is 14.5 Å². The number of hydrogen-bond donors (Lipinski definition) is 1. The van der Waals surface area contributed by atoms with E-state index in [1.54, 1.807) is 7.05 Å². The Bertz CT molecular complexity index is 1450. The van der Waals surface area contributed by atoms with Gasteiger partial charge in [-0.05, 0) is 21.6 Å². The maximum absolute atomic E-state index is 13.7. The van der Waals surface area contributed by atoms with Gasteiger partial charge in [0, 0.05) is 36.3 Å². The van der Waals surface area contributed by atoms with E-state index in [1.165, 1.54) is 33.8 Å². The molecule has 2 amide bonds. The van der Waals surface area contributed by atoms with Crippen LogP contribution in [0, 0.1) is 0 Å². The third-order valence-electron chi connectivity index (χ3n) is 6.78. The number of nitrogens with one attached hydrogen (secondary N) is 1. The summed E-state index contributed by atoms with van der Waals surface area (Å²) in [5.41, 5.74) is 2.84. The molecule has 0 spiro atoms. The number of aryl methyl sites for hydroxylation is 1. The van der Waals surface area contributed by atoms with Gasteiger partial charge in [-0.1, -0.05) is 88.8 Å². The number of thiocarbonyl (C=S) groups is 1. The molecule has 2 aliphatic heterocycles. The molecular formula is C26H23BrN6O5S2. The number of amides is 2. The van der Waals surface area contributed by atoms with Crippen molar-refractivity contribution in [3.05, 3.63) is 83.3 Å². The summed E-state index contributed by atoms with van der Waals surface area (Å²) in [4.78, 5) is 45.7. The number of β-lactam (4-membered cyclic amide) rings is 1. The van der Waals surface area contributed by atoms with Gasteiger partial charge in [0.05, 0.1) is 5.33 Å². The Morgan fingerprint density at radius 1 is 1.18 bits per heavy atom. The first-order valence-corrected chi connectivity index (χ1v) is 14.5. The largest absolute Gasteiger partial charge is 0.379 e. The number of methoxy groups -OCH3 is 1. The van der Waals surface area contributed by atoms with Crippen LogP contribution in [0.3, 0.4) is 0 Å². The molecule has 1 unspecified atom stereocenters. The van der Waals surface area contributed by atoms with E-state index in [1.807, 2.05) is 60.7 Å². The molecule has 2 aliphatic rings. The number of ether oxygens (including phenoxy) is 1. The molecule has 1 fully saturated rings. The highest BCUT2D eigenvalue weighted by atomic mass is 79.9. The fourth-order valence-corrected chi connectivity index (χ4v) is 7.33. The van der Waals surface area contributed by atoms with E-state index in [0.29, 0.717) is 5.57 Å². The van der Waals surface area contributed by atoms with Gasteiger partial charge < -0.3 is 9.57 Å². The standard InChI is InChI=1S/C26H23BrN6O5S2/c1-32-22(28-30-31-32)19-20(23(35)38-29-17(34)13-27)33-24(36)26(14-39,37-2)25(33)40-21(19)18(15-9-5-3-6-10-15)16-11-7-4-8-12-16/h3-12,14,18,21,25H,13H2,1-2H3,(H,29,34)/t21?,25-,26-/m0/s1. The highest BCUT2D eigenvalue weighted by Gasteiger charge is 2.67. The van der Waals surface area contributed by atoms with Crippen molar-refractivity contribution in [3.63, 3.8) is 0 Å². The van der Waals surface area contributed by atoms with Crippen molar-refractivity contribution in [3.8, 4) is 0 Å². The first kappa shape index (κ1) is 28.1. The molecule has 0 aliphatic carbocycles. The molecule has 3 heterocycles. The van der Waals surface area contributed by atoms with Crippen molar-refractivity contribution < 1.29 is 24.0 Å². The Balaban J connectivity index is 1.78. The predicted molar refractivity (Wildman–Crippen MR) is 154 cm³/mol. The normalized spacial score (nSPS) is 22.0. The van der Waals surface area contributed by atoms with E-state index < -0.39 is 34.0 Å². The van der Waals surface area contributed by atoms with Gasteiger partial charge in [-0.2, -0.15) is 5.48 Å². The second-order valence-electron chi connectivity index (χ2n) is 8.94. The van der Waals surface area contributed by atoms with Gasteiger partial charge in [0.15, 0.2) is 5.82 Å². The zero-order valence-electron chi connectivity index (χ0n) is 21.3. The van der Waals surface area contributed by atoms with E-state index in [0.717, 1.165) is 11.1 Å². The fourth-order valence-electron chi connectivity index (χ4n) is 4.91. The second kappa shape index (κ2) is 11.6. The fraction of sp³-hybridized carbons (Fsp3) is 0.269. The number of nitrogens with zero attached hydrogens (tertiary/aromatic N) is 5. The number of tetrazole rings is 1. The number of aromatic nitrogens is 4. The van der Waals surface area contributed by atoms with Crippen LogP contribution < -0.4 is 5.48 Å². The molecule has 0 saturated carbocycles. The Kier molecular flexibility index (Phi) is 8.12. The third kappa shape index (κ3) is 4.64. The number of fused-ring (bicyclic) bond motifs is 1. The smallest absolute Gasteiger partial charge is 0.361 e. The SMILES string of the molecule is CO[C@@]1(C=S)C(=O)N2C(C(=O)ONC(=O)CBr)=C(c3nnnn3C)C(C(c3ccccc3)c3ccccc3)S[C@H]21. The molecule has 11 nitrogen and oxygen atoms in total. The van der Waals surface area contributed by atoms with Crippen molar-refractivity contribution in [2.24, 2.45) is 7.05 Å². The summed E-state index contributed by atoms with van der Waals surface area (Å²) < 4.78 is 7.09. The number of alkyl halides is 1. The zero-order valence-corrected chi connectivity index (χ0v) is 24.5. The van der Waals surface area contributed by atoms with Crippen LogP contribution in [0.2, 0.25) is 0 Å². The summed E-state index contributed by atoms with van der Waals surface area (Å²) in [5, 5.41) is 12.0. The number of halogens is 1. The van der Waals surface area contributed by atoms with Crippen LogP contribution >= 0.6 is 39.9 Å². The van der Waals surface area contributed by atoms with Gasteiger partial charge in [0.25, 0.3) is 11.8 Å². The quantitative estimate of drug-likeness (QED) is 0.169. The molecule has 5 rings (SSSR count). The Morgan fingerprint density at radius 3 is 2.30 bits per heavy atom. The van der Waals surface area contributed by atoms with Crippen LogP contribution in [-0.2, 0) is 31.0 Å². The molecule has 14 heteroatoms. The second-order valence-corrected chi connectivity index (χ2v) is 11.0. The van der Waals surface area contributed by atoms with Gasteiger partial charge in [0.2, 0.25) is 5.60 Å². The molecule has 0 radical (unpaired) electrons. The third-order valence-corrected chi connectivity index (χ3v) is 9.26. The summed E-state index contributed by atoms with van der Waals surface area (Å²) in [5.74, 6) is -2.14. The van der Waals surface area contributed by atoms with E-state index in [9.17, 15) is 14.4 Å². The van der Waals surface area contributed by atoms with Crippen LogP contribution in [0.4, 0.5) is 0 Å². The van der Waals surface area contributed by atoms with E-state index in [-0.39, 0.29) is 22.8 Å². The highest BCUT2D eigenvalue weighted by molar-refractivity contribution is 9.09. The zero-order chi connectivity index (χ0) is 28.4. The number of benzene rings is 2. The van der Waals surface area contributed by atoms with E-state index in [4.69, 9.17) is 21.8 Å². The van der Waals surface area contributed by atoms with Crippen LogP contribution in [0.25, 0.3) is 5.57 Å². The summed E-state index contributed by atoms with van der Waals surface area (Å²) in [6.07, 6.45) is 0. The summed E-state index contributed by atoms with van der Waals surface area (Å²) in [6.45, 7) is 0. The van der Waals surface area contributed by atoms with Gasteiger partial charge >= 0.3 is 5.97 Å². The maximum Gasteiger partial charge on any atom is 0.379 e. The molecule has 1 saturated heterocycles. The number of thioether (sulfide) groups is 1. The lowest BCUT2D eigenvalue weighted by atomic mass is 9.83. The van der Waals surface area contributed by atoms with Crippen LogP contribution in [0.1, 0.15) is 22.9 Å². The number of hydrogen-bond acceptors (Lipinski definition) is 10. The monoisotopic (exact) mass is 642 g/mol. The van der Waals surface area contributed by atoms with E-state index in [2.05, 4.69) is 36.9 Å². The van der Waals surface area contributed by atoms with Crippen LogP contribution in [0.15, 0.2) is 66.4 Å². The summed E-state index contributed by atoms with van der Waals surface area (Å²) in [7, 11) is 3.04. The molecule has 40 heavy (non-hydrogen) atoms. The molecule has 3 atom stereocenters. The Morgan fingerprint density at radius 2 is 1.80 bits per heavy atom. The average molecular weight is 644 g/mol. The number of carbonyl (C=O) groups is 3. The van der Waals surface area contributed by atoms with Gasteiger partial charge in [-0.15, -0.1) is 16.9 Å². The molecule has 0 bridgehead atoms. The number of carbonyl (C=O) groups excluding carboxylic acids is 3. The van der Waals surface area contributed by atoms with Crippen molar-refractivity contribution >= 4 is 68.6 Å². The lowest BCUT2D eigenvalue weighted by Gasteiger charge is -2.56. The maximum atomic E-state index is 13.7. The minimum atomic E-state index is -1.45. The van der Waals surface area contributed by atoms with Crippen molar-refractivity contribution in [2.45, 2.75) is 22.1 Å².